The van der Waals surface area contributed by atoms with E-state index in [-0.39, 0.29) is 59.4 Å². The second-order valence-corrected chi connectivity index (χ2v) is 27.6. The summed E-state index contributed by atoms with van der Waals surface area (Å²) in [6.45, 7) is 13.5. The van der Waals surface area contributed by atoms with Gasteiger partial charge in [0.05, 0.1) is 33.6 Å². The predicted molar refractivity (Wildman–Crippen MR) is 328 cm³/mol. The molecular weight excluding hydrogens is 1270 g/mol. The van der Waals surface area contributed by atoms with Crippen molar-refractivity contribution in [1.29, 1.82) is 0 Å². The van der Waals surface area contributed by atoms with Gasteiger partial charge in [-0.1, -0.05) is 91.0 Å². The molecule has 0 saturated carbocycles. The summed E-state index contributed by atoms with van der Waals surface area (Å²) in [7, 11) is -4.12. The average molecular weight is 1340 g/mol. The van der Waals surface area contributed by atoms with Crippen molar-refractivity contribution in [2.24, 2.45) is 0 Å². The van der Waals surface area contributed by atoms with Crippen LogP contribution in [0.1, 0.15) is 31.9 Å². The van der Waals surface area contributed by atoms with Crippen molar-refractivity contribution in [2.75, 3.05) is 46.1 Å². The average Bonchev–Trinajstić information content (AvgIpc) is 4.06. The number of hydrogen-bond donors (Lipinski definition) is 1. The Balaban J connectivity index is 0.000000346. The maximum absolute atomic E-state index is 9.52. The standard InChI is InChI=1S/C19H23O2P.C16H17O2P.2C12H9N.C2H5O2S.CH4O3S.H2O.2Pd/c1-13-8-6-10-15(20-5)17(13)14-9-7-11-16-18(14)22(12-21-16)19(2,3)4;1-11-6-4-8-13(17-2)15(11)12-7-5-9-14-16(12)19(3)10-18-14;2*13-12-9-5-4-8-11(12)10-6-2-1-3-7-10;2*1-5(2,3)4;;;/h6-11H,12H2,1-5H3;4-9H,10H2,1-3H3;2*1-6,8-9,13H;1H2,2H3;1H3,(H,2,3,4);1H2;;/q;;2*-2;-1;;;;+2/p+1. The first kappa shape index (κ1) is 70.7. The van der Waals surface area contributed by atoms with Crippen molar-refractivity contribution in [2.45, 2.75) is 39.8 Å². The van der Waals surface area contributed by atoms with Gasteiger partial charge in [0.2, 0.25) is 0 Å². The van der Waals surface area contributed by atoms with Crippen LogP contribution in [0.15, 0.2) is 170 Å². The van der Waals surface area contributed by atoms with Gasteiger partial charge in [-0.3, -0.25) is 13.0 Å². The van der Waals surface area contributed by atoms with Gasteiger partial charge in [-0.2, -0.15) is 19.8 Å². The number of benzene rings is 8. The molecule has 8 aromatic rings. The third kappa shape index (κ3) is 21.1. The minimum atomic E-state index is -3.67. The first-order chi connectivity index (χ1) is 36.4. The third-order valence-electron chi connectivity index (χ3n) is 11.7. The number of aryl methyl sites for hydroxylation is 2. The van der Waals surface area contributed by atoms with Crippen LogP contribution in [0.25, 0.3) is 56.0 Å². The van der Waals surface area contributed by atoms with Crippen molar-refractivity contribution in [1.82, 2.24) is 0 Å². The minimum absolute atomic E-state index is 0. The van der Waals surface area contributed by atoms with Crippen molar-refractivity contribution in [3.05, 3.63) is 211 Å². The minimum Gasteiger partial charge on any atom is -0.706 e. The molecule has 2 heterocycles. The fourth-order valence-corrected chi connectivity index (χ4v) is 12.5. The van der Waals surface area contributed by atoms with Crippen molar-refractivity contribution >= 4 is 57.8 Å². The molecule has 0 fully saturated rings. The zero-order valence-electron chi connectivity index (χ0n) is 46.4. The van der Waals surface area contributed by atoms with E-state index in [0.717, 1.165) is 64.2 Å². The van der Waals surface area contributed by atoms with E-state index in [0.29, 0.717) is 17.6 Å². The second-order valence-electron chi connectivity index (χ2n) is 18.9. The van der Waals surface area contributed by atoms with Gasteiger partial charge in [0.25, 0.3) is 10.1 Å². The van der Waals surface area contributed by atoms with E-state index in [9.17, 15) is 16.8 Å². The van der Waals surface area contributed by atoms with Gasteiger partial charge < -0.3 is 35.9 Å². The Labute approximate surface area is 504 Å². The molecule has 0 spiro atoms. The van der Waals surface area contributed by atoms with Gasteiger partial charge in [0.15, 0.2) is 12.1 Å². The van der Waals surface area contributed by atoms with Crippen LogP contribution in [0, 0.1) is 32.2 Å². The van der Waals surface area contributed by atoms with Gasteiger partial charge >= 0.3 is 20.4 Å². The largest absolute Gasteiger partial charge is 2.00 e. The molecule has 2 aliphatic rings. The molecule has 0 bridgehead atoms. The molecule has 0 radical (unpaired) electrons. The summed E-state index contributed by atoms with van der Waals surface area (Å²) in [5, 5.41) is 3.06. The number of methoxy groups -OCH3 is 2. The third-order valence-corrected chi connectivity index (χ3v) is 16.8. The maximum Gasteiger partial charge on any atom is 2.00 e. The van der Waals surface area contributed by atoms with Crippen molar-refractivity contribution in [3.8, 4) is 67.5 Å². The zero-order valence-corrected chi connectivity index (χ0v) is 53.0. The molecule has 2 aliphatic heterocycles. The summed E-state index contributed by atoms with van der Waals surface area (Å²) < 4.78 is 67.9. The molecule has 18 heteroatoms. The van der Waals surface area contributed by atoms with Crippen LogP contribution in [0.3, 0.4) is 0 Å². The number of sulfone groups is 1. The number of nitrogens with one attached hydrogen (secondary N) is 2. The molecule has 5 N–H and O–H groups in total. The molecule has 10 rings (SSSR count). The van der Waals surface area contributed by atoms with Crippen LogP contribution in [0.2, 0.25) is 0 Å². The molecular formula is C62H70N2O10P2Pd2S2-2. The number of fused-ring (bicyclic) bond motifs is 2. The monoisotopic (exact) mass is 1340 g/mol. The summed E-state index contributed by atoms with van der Waals surface area (Å²) in [5.41, 5.74) is 27.7. The Morgan fingerprint density at radius 2 is 1.00 bits per heavy atom. The molecule has 0 saturated heterocycles. The summed E-state index contributed by atoms with van der Waals surface area (Å²) in [4.78, 5) is 0. The van der Waals surface area contributed by atoms with Crippen LogP contribution < -0.4 is 29.6 Å². The van der Waals surface area contributed by atoms with Gasteiger partial charge in [-0.15, -0.1) is 82.9 Å². The molecule has 0 aliphatic carbocycles. The molecule has 8 aromatic carbocycles. The molecule has 0 amide bonds. The van der Waals surface area contributed by atoms with E-state index < -0.39 is 27.9 Å². The van der Waals surface area contributed by atoms with Crippen LogP contribution >= 0.6 is 15.8 Å². The van der Waals surface area contributed by atoms with E-state index in [1.165, 1.54) is 44.0 Å². The van der Waals surface area contributed by atoms with Gasteiger partial charge in [0, 0.05) is 58.5 Å². The molecule has 2 unspecified atom stereocenters. The Hall–Kier alpha value is -5.44. The van der Waals surface area contributed by atoms with E-state index in [1.54, 1.807) is 26.4 Å². The number of rotatable bonds is 6. The molecule has 2 atom stereocenters. The second kappa shape index (κ2) is 32.9. The molecule has 80 heavy (non-hydrogen) atoms. The fourth-order valence-electron chi connectivity index (χ4n) is 8.32. The van der Waals surface area contributed by atoms with Crippen molar-refractivity contribution in [3.63, 3.8) is 0 Å². The van der Waals surface area contributed by atoms with Gasteiger partial charge in [0.1, 0.15) is 28.9 Å². The Kier molecular flexibility index (Phi) is 29.0. The smallest absolute Gasteiger partial charge is 0.706 e. The number of hydrogen-bond acceptors (Lipinski definition) is 8. The van der Waals surface area contributed by atoms with Crippen LogP contribution in [0.4, 0.5) is 11.4 Å². The SMILES string of the molecule is COc1cccc(C)c1-c1cccc2c1P(C)CO2.COc1cccc(C)c1-c1cccc2c1[PH+](C(C)(C)C)CO2.CS(=O)(=O)O.O.[CH2-]S(C)(=O)=O.[NH-]c1ccccc1-c1[c-]cccc1.[NH-]c1ccccc1-c1[c-]cccc1.[Pd+2].[Pd]. The van der Waals surface area contributed by atoms with Gasteiger partial charge in [-0.25, -0.2) is 6.26 Å². The first-order valence-corrected chi connectivity index (χ1v) is 31.9. The van der Waals surface area contributed by atoms with Crippen LogP contribution in [-0.2, 0) is 60.8 Å². The van der Waals surface area contributed by atoms with E-state index in [4.69, 9.17) is 35.0 Å². The topological polar surface area (TPSA) is 205 Å². The normalized spacial score (nSPS) is 13.3. The van der Waals surface area contributed by atoms with Gasteiger partial charge in [-0.05, 0) is 96.2 Å². The molecule has 12 nitrogen and oxygen atoms in total. The van der Waals surface area contributed by atoms with E-state index in [1.807, 2.05) is 109 Å². The summed E-state index contributed by atoms with van der Waals surface area (Å²) in [6.07, 6.45) is 6.19. The predicted octanol–water partition coefficient (Wildman–Crippen LogP) is 14.6. The quantitative estimate of drug-likeness (QED) is 0.0727. The summed E-state index contributed by atoms with van der Waals surface area (Å²) in [5.74, 6) is 3.97. The first-order valence-electron chi connectivity index (χ1n) is 24.3. The van der Waals surface area contributed by atoms with E-state index in [2.05, 4.69) is 108 Å². The Bertz CT molecular complexity index is 3320. The van der Waals surface area contributed by atoms with Crippen LogP contribution in [-0.4, -0.2) is 78.1 Å². The van der Waals surface area contributed by atoms with Crippen molar-refractivity contribution < 1.29 is 86.7 Å². The Morgan fingerprint density at radius 3 is 1.41 bits per heavy atom. The fraction of sp³-hybridized carbons (Fsp3) is 0.210. The molecule has 432 valence electrons. The Morgan fingerprint density at radius 1 is 0.613 bits per heavy atom. The van der Waals surface area contributed by atoms with E-state index >= 15 is 0 Å². The zero-order chi connectivity index (χ0) is 56.5. The summed E-state index contributed by atoms with van der Waals surface area (Å²) in [6, 6.07) is 61.9. The molecule has 0 aromatic heterocycles. The van der Waals surface area contributed by atoms with Crippen LogP contribution in [0.5, 0.6) is 23.0 Å². The maximum atomic E-state index is 9.52. The summed E-state index contributed by atoms with van der Waals surface area (Å²) >= 11 is 0. The number of ether oxygens (including phenoxy) is 4.